The molecular formula is C23H22ClFO6. The third-order valence-corrected chi connectivity index (χ3v) is 6.07. The Bertz CT molecular complexity index is 1110. The molecule has 4 rings (SSSR count). The van der Waals surface area contributed by atoms with E-state index in [1.807, 2.05) is 0 Å². The van der Waals surface area contributed by atoms with Crippen LogP contribution in [0, 0.1) is 5.82 Å². The summed E-state index contributed by atoms with van der Waals surface area (Å²) in [5, 5.41) is 42.2. The molecule has 0 amide bonds. The van der Waals surface area contributed by atoms with Crippen LogP contribution >= 0.6 is 11.6 Å². The highest BCUT2D eigenvalue weighted by atomic mass is 35.5. The van der Waals surface area contributed by atoms with Gasteiger partial charge in [0.15, 0.2) is 6.29 Å². The first kappa shape index (κ1) is 22.0. The van der Waals surface area contributed by atoms with E-state index in [0.29, 0.717) is 38.2 Å². The minimum Gasteiger partial charge on any atom is -0.497 e. The third-order valence-electron chi connectivity index (χ3n) is 5.62. The molecule has 8 heteroatoms. The van der Waals surface area contributed by atoms with Crippen LogP contribution in [0.1, 0.15) is 22.8 Å². The Balaban J connectivity index is 1.82. The number of aliphatic hydroxyl groups excluding tert-OH is 4. The third kappa shape index (κ3) is 4.01. The number of rotatable bonds is 4. The van der Waals surface area contributed by atoms with E-state index in [1.54, 1.807) is 42.5 Å². The average Bonchev–Trinajstić information content (AvgIpc) is 2.78. The zero-order chi connectivity index (χ0) is 22.3. The number of ether oxygens (including phenoxy) is 2. The van der Waals surface area contributed by atoms with Crippen LogP contribution in [0.2, 0.25) is 5.02 Å². The summed E-state index contributed by atoms with van der Waals surface area (Å²) in [6.07, 6.45) is -7.39. The van der Waals surface area contributed by atoms with E-state index in [2.05, 4.69) is 0 Å². The van der Waals surface area contributed by atoms with Gasteiger partial charge in [0.05, 0.1) is 12.1 Å². The molecule has 0 radical (unpaired) electrons. The predicted octanol–water partition coefficient (Wildman–Crippen LogP) is 2.70. The molecule has 6 nitrogen and oxygen atoms in total. The second kappa shape index (κ2) is 8.70. The molecule has 31 heavy (non-hydrogen) atoms. The van der Waals surface area contributed by atoms with Crippen LogP contribution in [-0.4, -0.2) is 52.1 Å². The molecule has 4 N–H and O–H groups in total. The van der Waals surface area contributed by atoms with Gasteiger partial charge in [-0.05, 0) is 28.1 Å². The first-order valence-electron chi connectivity index (χ1n) is 9.72. The van der Waals surface area contributed by atoms with Gasteiger partial charge in [0.2, 0.25) is 0 Å². The molecule has 1 aliphatic heterocycles. The van der Waals surface area contributed by atoms with Gasteiger partial charge in [0.1, 0.15) is 36.0 Å². The van der Waals surface area contributed by atoms with Gasteiger partial charge in [0, 0.05) is 17.9 Å². The highest BCUT2D eigenvalue weighted by Gasteiger charge is 2.44. The Morgan fingerprint density at radius 1 is 0.935 bits per heavy atom. The minimum absolute atomic E-state index is 0.156. The van der Waals surface area contributed by atoms with Crippen LogP contribution in [0.3, 0.4) is 0 Å². The molecule has 0 spiro atoms. The summed E-state index contributed by atoms with van der Waals surface area (Å²) >= 11 is 6.64. The Morgan fingerprint density at radius 2 is 1.65 bits per heavy atom. The molecule has 0 aromatic heterocycles. The van der Waals surface area contributed by atoms with E-state index >= 15 is 0 Å². The summed E-state index contributed by atoms with van der Waals surface area (Å²) < 4.78 is 25.0. The van der Waals surface area contributed by atoms with E-state index in [9.17, 15) is 24.8 Å². The van der Waals surface area contributed by atoms with Gasteiger partial charge in [-0.1, -0.05) is 48.0 Å². The highest BCUT2D eigenvalue weighted by Crippen LogP contribution is 2.40. The highest BCUT2D eigenvalue weighted by molar-refractivity contribution is 6.36. The SMILES string of the molecule is COc1ccc(Cc2cc([C@@H]3O[C@H](O)[C@@H](O)[C@H](O)[C@H]3O)c3ccccc3c2Cl)c(F)c1. The van der Waals surface area contributed by atoms with Crippen molar-refractivity contribution >= 4 is 22.4 Å². The Kier molecular flexibility index (Phi) is 6.16. The van der Waals surface area contributed by atoms with Crippen molar-refractivity contribution in [3.05, 3.63) is 76.1 Å². The van der Waals surface area contributed by atoms with Crippen LogP contribution in [0.15, 0.2) is 48.5 Å². The van der Waals surface area contributed by atoms with Gasteiger partial charge in [0.25, 0.3) is 0 Å². The number of halogens is 2. The number of fused-ring (bicyclic) bond motifs is 1. The topological polar surface area (TPSA) is 99.4 Å². The van der Waals surface area contributed by atoms with E-state index < -0.39 is 36.5 Å². The monoisotopic (exact) mass is 448 g/mol. The molecule has 5 atom stereocenters. The number of benzene rings is 3. The molecule has 164 valence electrons. The largest absolute Gasteiger partial charge is 0.497 e. The van der Waals surface area contributed by atoms with Crippen molar-refractivity contribution in [2.45, 2.75) is 37.1 Å². The molecule has 1 fully saturated rings. The van der Waals surface area contributed by atoms with E-state index in [0.717, 1.165) is 0 Å². The normalized spacial score (nSPS) is 26.2. The van der Waals surface area contributed by atoms with Crippen molar-refractivity contribution < 1.29 is 34.3 Å². The van der Waals surface area contributed by atoms with Crippen molar-refractivity contribution in [3.8, 4) is 5.75 Å². The second-order valence-corrected chi connectivity index (χ2v) is 7.92. The van der Waals surface area contributed by atoms with Crippen LogP contribution in [0.4, 0.5) is 4.39 Å². The summed E-state index contributed by atoms with van der Waals surface area (Å²) in [6.45, 7) is 0. The summed E-state index contributed by atoms with van der Waals surface area (Å²) in [5.74, 6) is -0.0557. The van der Waals surface area contributed by atoms with Gasteiger partial charge in [-0.25, -0.2) is 4.39 Å². The van der Waals surface area contributed by atoms with E-state index in [4.69, 9.17) is 21.1 Å². The van der Waals surface area contributed by atoms with Crippen LogP contribution in [0.25, 0.3) is 10.8 Å². The van der Waals surface area contributed by atoms with Crippen LogP contribution < -0.4 is 4.74 Å². The van der Waals surface area contributed by atoms with Crippen molar-refractivity contribution in [3.63, 3.8) is 0 Å². The fraction of sp³-hybridized carbons (Fsp3) is 0.304. The minimum atomic E-state index is -1.68. The number of hydrogen-bond acceptors (Lipinski definition) is 6. The molecule has 0 unspecified atom stereocenters. The van der Waals surface area contributed by atoms with Crippen molar-refractivity contribution in [1.29, 1.82) is 0 Å². The predicted molar refractivity (Wildman–Crippen MR) is 113 cm³/mol. The van der Waals surface area contributed by atoms with Gasteiger partial charge >= 0.3 is 0 Å². The molecule has 1 saturated heterocycles. The fourth-order valence-electron chi connectivity index (χ4n) is 3.91. The summed E-state index contributed by atoms with van der Waals surface area (Å²) in [7, 11) is 1.45. The van der Waals surface area contributed by atoms with E-state index in [1.165, 1.54) is 13.2 Å². The van der Waals surface area contributed by atoms with E-state index in [-0.39, 0.29) is 6.42 Å². The first-order chi connectivity index (χ1) is 14.8. The smallest absolute Gasteiger partial charge is 0.184 e. The number of aliphatic hydroxyl groups is 4. The molecule has 0 aliphatic carbocycles. The molecule has 0 saturated carbocycles. The summed E-state index contributed by atoms with van der Waals surface area (Å²) in [6, 6.07) is 13.3. The second-order valence-electron chi connectivity index (χ2n) is 7.54. The fourth-order valence-corrected chi connectivity index (χ4v) is 4.20. The summed E-state index contributed by atoms with van der Waals surface area (Å²) in [5.41, 5.74) is 1.43. The first-order valence-corrected chi connectivity index (χ1v) is 10.1. The maximum absolute atomic E-state index is 14.5. The molecule has 1 heterocycles. The Hall–Kier alpha value is -2.26. The zero-order valence-corrected chi connectivity index (χ0v) is 17.3. The maximum atomic E-state index is 14.5. The standard InChI is InChI=1S/C23H22ClFO6/c1-30-13-7-6-11(17(25)10-13)8-12-9-16(14-4-2-3-5-15(14)18(12)24)22-20(27)19(26)21(28)23(29)31-22/h2-7,9-10,19-23,26-29H,8H2,1H3/t19-,20-,21+,22+,23+/m1/s1. The van der Waals surface area contributed by atoms with Crippen molar-refractivity contribution in [1.82, 2.24) is 0 Å². The van der Waals surface area contributed by atoms with Gasteiger partial charge < -0.3 is 29.9 Å². The van der Waals surface area contributed by atoms with Gasteiger partial charge in [-0.15, -0.1) is 0 Å². The lowest BCUT2D eigenvalue weighted by atomic mass is 9.88. The van der Waals surface area contributed by atoms with Gasteiger partial charge in [-0.2, -0.15) is 0 Å². The van der Waals surface area contributed by atoms with Crippen molar-refractivity contribution in [2.24, 2.45) is 0 Å². The van der Waals surface area contributed by atoms with Gasteiger partial charge in [-0.3, -0.25) is 0 Å². The molecule has 3 aromatic rings. The maximum Gasteiger partial charge on any atom is 0.184 e. The molecular weight excluding hydrogens is 427 g/mol. The molecule has 3 aromatic carbocycles. The zero-order valence-electron chi connectivity index (χ0n) is 16.6. The lowest BCUT2D eigenvalue weighted by Crippen LogP contribution is -2.54. The van der Waals surface area contributed by atoms with Crippen LogP contribution in [-0.2, 0) is 11.2 Å². The lowest BCUT2D eigenvalue weighted by molar-refractivity contribution is -0.284. The Morgan fingerprint density at radius 3 is 2.32 bits per heavy atom. The Labute approximate surface area is 183 Å². The van der Waals surface area contributed by atoms with Crippen LogP contribution in [0.5, 0.6) is 5.75 Å². The quantitative estimate of drug-likeness (QED) is 0.490. The number of hydrogen-bond donors (Lipinski definition) is 4. The molecule has 1 aliphatic rings. The lowest BCUT2D eigenvalue weighted by Gasteiger charge is -2.39. The van der Waals surface area contributed by atoms with Crippen molar-refractivity contribution in [2.75, 3.05) is 7.11 Å². The average molecular weight is 449 g/mol. The summed E-state index contributed by atoms with van der Waals surface area (Å²) in [4.78, 5) is 0. The molecule has 0 bridgehead atoms. The number of methoxy groups -OCH3 is 1.